The summed E-state index contributed by atoms with van der Waals surface area (Å²) in [7, 11) is 0. The van der Waals surface area contributed by atoms with Crippen LogP contribution in [0.25, 0.3) is 33.4 Å². The van der Waals surface area contributed by atoms with Gasteiger partial charge in [-0.05, 0) is 57.6 Å². The van der Waals surface area contributed by atoms with E-state index in [9.17, 15) is 0 Å². The highest BCUT2D eigenvalue weighted by Gasteiger charge is 2.46. The first-order chi connectivity index (χ1) is 19.9. The zero-order valence-electron chi connectivity index (χ0n) is 21.8. The third kappa shape index (κ3) is 2.37. The maximum absolute atomic E-state index is 2.61. The quantitative estimate of drug-likeness (QED) is 0.201. The molecule has 186 valence electrons. The van der Waals surface area contributed by atoms with Gasteiger partial charge in [-0.1, -0.05) is 109 Å². The monoisotopic (exact) mass is 508 g/mol. The maximum atomic E-state index is 2.61. The van der Waals surface area contributed by atoms with Crippen LogP contribution >= 0.6 is 0 Å². The first-order valence-corrected chi connectivity index (χ1v) is 14.1. The van der Waals surface area contributed by atoms with Crippen molar-refractivity contribution in [3.05, 3.63) is 156 Å². The van der Waals surface area contributed by atoms with Gasteiger partial charge in [0.15, 0.2) is 0 Å². The van der Waals surface area contributed by atoms with Crippen LogP contribution in [0.3, 0.4) is 0 Å². The number of nitrogens with zero attached hydrogens (tertiary/aromatic N) is 2. The summed E-state index contributed by atoms with van der Waals surface area (Å²) < 4.78 is 0. The van der Waals surface area contributed by atoms with Crippen LogP contribution in [0.5, 0.6) is 0 Å². The van der Waals surface area contributed by atoms with E-state index in [4.69, 9.17) is 0 Å². The molecule has 0 aliphatic carbocycles. The molecule has 6 aromatic carbocycles. The van der Waals surface area contributed by atoms with Gasteiger partial charge in [0, 0.05) is 33.6 Å². The molecule has 4 heterocycles. The summed E-state index contributed by atoms with van der Waals surface area (Å²) in [6.45, 7) is 0. The van der Waals surface area contributed by atoms with Crippen LogP contribution in [0.1, 0.15) is 34.3 Å². The Labute approximate surface area is 233 Å². The lowest BCUT2D eigenvalue weighted by molar-refractivity contribution is 0.765. The van der Waals surface area contributed by atoms with Crippen LogP contribution in [0.15, 0.2) is 133 Å². The molecule has 0 saturated carbocycles. The number of anilines is 4. The molecular weight excluding hydrogens is 484 g/mol. The molecule has 2 unspecified atom stereocenters. The van der Waals surface area contributed by atoms with E-state index in [0.29, 0.717) is 0 Å². The fourth-order valence-corrected chi connectivity index (χ4v) is 8.01. The molecule has 40 heavy (non-hydrogen) atoms. The molecule has 2 atom stereocenters. The van der Waals surface area contributed by atoms with Crippen molar-refractivity contribution in [3.63, 3.8) is 0 Å². The Balaban J connectivity index is 1.35. The van der Waals surface area contributed by atoms with Crippen LogP contribution in [0.4, 0.5) is 22.7 Å². The zero-order valence-corrected chi connectivity index (χ0v) is 21.8. The lowest BCUT2D eigenvalue weighted by atomic mass is 9.72. The van der Waals surface area contributed by atoms with Crippen LogP contribution in [-0.4, -0.2) is 0 Å². The van der Waals surface area contributed by atoms with Gasteiger partial charge >= 0.3 is 0 Å². The first-order valence-electron chi connectivity index (χ1n) is 14.1. The molecule has 2 nitrogen and oxygen atoms in total. The van der Waals surface area contributed by atoms with Gasteiger partial charge in [0.25, 0.3) is 0 Å². The van der Waals surface area contributed by atoms with E-state index in [1.807, 2.05) is 0 Å². The van der Waals surface area contributed by atoms with Gasteiger partial charge < -0.3 is 9.80 Å². The van der Waals surface area contributed by atoms with E-state index in [-0.39, 0.29) is 12.1 Å². The number of hydrogen-bond acceptors (Lipinski definition) is 2. The molecular formula is C38H24N2. The van der Waals surface area contributed by atoms with Crippen molar-refractivity contribution in [2.75, 3.05) is 9.80 Å². The Hall–Kier alpha value is -5.08. The predicted octanol–water partition coefficient (Wildman–Crippen LogP) is 9.80. The largest absolute Gasteiger partial charge is 0.329 e. The van der Waals surface area contributed by atoms with Gasteiger partial charge in [0.2, 0.25) is 0 Å². The lowest BCUT2D eigenvalue weighted by Crippen LogP contribution is -2.37. The van der Waals surface area contributed by atoms with Crippen molar-refractivity contribution < 1.29 is 0 Å². The molecule has 0 saturated heterocycles. The molecule has 0 amide bonds. The zero-order chi connectivity index (χ0) is 25.9. The van der Waals surface area contributed by atoms with Crippen molar-refractivity contribution in [3.8, 4) is 33.4 Å². The standard InChI is InChI=1S/C38H24N2/c1-3-15-27-23(11-1)25-13-5-7-19-31(25)39-33-21-10-18-30-36(33)35-29(37(27)39)17-9-22-34(35)40-32-20-8-6-14-26(32)24-12-2-4-16-28(24)38(30)40/h1-22,37-38H. The minimum absolute atomic E-state index is 0.118. The van der Waals surface area contributed by atoms with E-state index < -0.39 is 0 Å². The molecule has 0 fully saturated rings. The molecule has 0 spiro atoms. The summed E-state index contributed by atoms with van der Waals surface area (Å²) >= 11 is 0. The number of fused-ring (bicyclic) bond motifs is 16. The SMILES string of the molecule is c1ccc2c(c1)-c1ccccc1N1c3cccc4c3-c3c(cccc3N3c5ccccc5-c5ccccc5C43)C21. The van der Waals surface area contributed by atoms with Crippen LogP contribution < -0.4 is 9.80 Å². The fraction of sp³-hybridized carbons (Fsp3) is 0.0526. The first kappa shape index (κ1) is 20.8. The van der Waals surface area contributed by atoms with E-state index in [0.717, 1.165) is 0 Å². The summed E-state index contributed by atoms with van der Waals surface area (Å²) in [6, 6.07) is 50.0. The molecule has 2 heteroatoms. The second-order valence-electron chi connectivity index (χ2n) is 11.2. The fourth-order valence-electron chi connectivity index (χ4n) is 8.01. The third-order valence-electron chi connectivity index (χ3n) is 9.44. The minimum atomic E-state index is 0.118. The normalized spacial score (nSPS) is 17.9. The molecule has 0 radical (unpaired) electrons. The summed E-state index contributed by atoms with van der Waals surface area (Å²) in [5, 5.41) is 0. The van der Waals surface area contributed by atoms with Crippen LogP contribution in [0, 0.1) is 0 Å². The molecule has 10 rings (SSSR count). The van der Waals surface area contributed by atoms with Crippen LogP contribution in [-0.2, 0) is 0 Å². The Morgan fingerprint density at radius 2 is 0.650 bits per heavy atom. The highest BCUT2D eigenvalue weighted by molar-refractivity contribution is 6.06. The summed E-state index contributed by atoms with van der Waals surface area (Å²) in [5.74, 6) is 0. The Bertz CT molecular complexity index is 1770. The van der Waals surface area contributed by atoms with Crippen molar-refractivity contribution in [2.45, 2.75) is 12.1 Å². The Morgan fingerprint density at radius 1 is 0.300 bits per heavy atom. The number of benzene rings is 6. The molecule has 0 bridgehead atoms. The Morgan fingerprint density at radius 3 is 1.12 bits per heavy atom. The van der Waals surface area contributed by atoms with Gasteiger partial charge in [0.1, 0.15) is 0 Å². The van der Waals surface area contributed by atoms with Gasteiger partial charge in [-0.3, -0.25) is 0 Å². The summed E-state index contributed by atoms with van der Waals surface area (Å²) in [4.78, 5) is 5.22. The van der Waals surface area contributed by atoms with Crippen molar-refractivity contribution >= 4 is 22.7 Å². The average Bonchev–Trinajstić information content (AvgIpc) is 3.03. The van der Waals surface area contributed by atoms with Gasteiger partial charge in [0.05, 0.1) is 23.5 Å². The molecule has 6 aromatic rings. The average molecular weight is 509 g/mol. The molecule has 4 aliphatic rings. The van der Waals surface area contributed by atoms with E-state index in [1.54, 1.807) is 0 Å². The highest BCUT2D eigenvalue weighted by Crippen LogP contribution is 2.65. The minimum Gasteiger partial charge on any atom is -0.329 e. The van der Waals surface area contributed by atoms with Crippen LogP contribution in [0.2, 0.25) is 0 Å². The number of rotatable bonds is 0. The van der Waals surface area contributed by atoms with E-state index in [2.05, 4.69) is 143 Å². The van der Waals surface area contributed by atoms with E-state index >= 15 is 0 Å². The highest BCUT2D eigenvalue weighted by atomic mass is 15.2. The lowest BCUT2D eigenvalue weighted by Gasteiger charge is -2.51. The summed E-state index contributed by atoms with van der Waals surface area (Å²) in [6.07, 6.45) is 0. The van der Waals surface area contributed by atoms with Gasteiger partial charge in [-0.15, -0.1) is 0 Å². The van der Waals surface area contributed by atoms with Gasteiger partial charge in [-0.25, -0.2) is 0 Å². The Kier molecular flexibility index (Phi) is 3.81. The second-order valence-corrected chi connectivity index (χ2v) is 11.2. The second kappa shape index (κ2) is 7.31. The summed E-state index contributed by atoms with van der Waals surface area (Å²) in [5.41, 5.74) is 18.7. The molecule has 0 aromatic heterocycles. The topological polar surface area (TPSA) is 6.48 Å². The van der Waals surface area contributed by atoms with Crippen molar-refractivity contribution in [1.29, 1.82) is 0 Å². The predicted molar refractivity (Wildman–Crippen MR) is 164 cm³/mol. The molecule has 0 N–H and O–H groups in total. The maximum Gasteiger partial charge on any atom is 0.0858 e. The van der Waals surface area contributed by atoms with Crippen molar-refractivity contribution in [2.24, 2.45) is 0 Å². The van der Waals surface area contributed by atoms with E-state index in [1.165, 1.54) is 78.4 Å². The van der Waals surface area contributed by atoms with Gasteiger partial charge in [-0.2, -0.15) is 0 Å². The smallest absolute Gasteiger partial charge is 0.0858 e. The number of hydrogen-bond donors (Lipinski definition) is 0. The third-order valence-corrected chi connectivity index (χ3v) is 9.44. The van der Waals surface area contributed by atoms with Crippen molar-refractivity contribution in [1.82, 2.24) is 0 Å². The molecule has 4 aliphatic heterocycles. The number of para-hydroxylation sites is 2.